The molecule has 0 saturated carbocycles. The van der Waals surface area contributed by atoms with Gasteiger partial charge in [0.1, 0.15) is 5.75 Å². The largest absolute Gasteiger partial charge is 0.484 e. The van der Waals surface area contributed by atoms with Crippen LogP contribution >= 0.6 is 0 Å². The molecule has 0 aliphatic rings. The number of rotatable bonds is 8. The average molecular weight is 459 g/mol. The highest BCUT2D eigenvalue weighted by Gasteiger charge is 2.13. The maximum absolute atomic E-state index is 12.3. The third kappa shape index (κ3) is 7.03. The minimum atomic E-state index is -0.893. The first kappa shape index (κ1) is 24.2. The lowest BCUT2D eigenvalue weighted by molar-refractivity contribution is -0.136. The highest BCUT2D eigenvalue weighted by Crippen LogP contribution is 2.16. The molecule has 3 aromatic rings. The maximum Gasteiger partial charge on any atom is 0.329 e. The van der Waals surface area contributed by atoms with E-state index in [9.17, 15) is 14.4 Å². The molecule has 0 bridgehead atoms. The van der Waals surface area contributed by atoms with Gasteiger partial charge >= 0.3 is 11.8 Å². The van der Waals surface area contributed by atoms with Gasteiger partial charge in [0, 0.05) is 11.4 Å². The number of para-hydroxylation sites is 2. The maximum atomic E-state index is 12.3. The van der Waals surface area contributed by atoms with E-state index < -0.39 is 11.8 Å². The summed E-state index contributed by atoms with van der Waals surface area (Å²) in [5.41, 5.74) is 6.02. The number of hydrazone groups is 1. The Bertz CT molecular complexity index is 1210. The van der Waals surface area contributed by atoms with Gasteiger partial charge in [0.25, 0.3) is 5.91 Å². The number of ether oxygens (including phenoxy) is 1. The van der Waals surface area contributed by atoms with Gasteiger partial charge in [0.05, 0.1) is 6.21 Å². The summed E-state index contributed by atoms with van der Waals surface area (Å²) in [5, 5.41) is 9.20. The van der Waals surface area contributed by atoms with Gasteiger partial charge in [-0.3, -0.25) is 14.4 Å². The topological polar surface area (TPSA) is 109 Å². The number of carbonyl (C=O) groups excluding carboxylic acids is 3. The Hall–Kier alpha value is -4.46. The van der Waals surface area contributed by atoms with Crippen molar-refractivity contribution in [1.82, 2.24) is 5.43 Å². The predicted molar refractivity (Wildman–Crippen MR) is 132 cm³/mol. The van der Waals surface area contributed by atoms with Crippen molar-refractivity contribution in [2.24, 2.45) is 5.10 Å². The van der Waals surface area contributed by atoms with Crippen molar-refractivity contribution in [3.05, 3.63) is 89.5 Å². The van der Waals surface area contributed by atoms with Gasteiger partial charge in [-0.25, -0.2) is 5.43 Å². The summed E-state index contributed by atoms with van der Waals surface area (Å²) in [4.78, 5) is 36.3. The number of anilines is 2. The molecule has 0 unspecified atom stereocenters. The van der Waals surface area contributed by atoms with Crippen LogP contribution in [0.1, 0.15) is 23.6 Å². The van der Waals surface area contributed by atoms with E-state index in [-0.39, 0.29) is 12.5 Å². The first-order valence-electron chi connectivity index (χ1n) is 10.8. The zero-order valence-electron chi connectivity index (χ0n) is 19.0. The van der Waals surface area contributed by atoms with E-state index in [1.54, 1.807) is 36.4 Å². The quantitative estimate of drug-likeness (QED) is 0.272. The smallest absolute Gasteiger partial charge is 0.329 e. The zero-order valence-corrected chi connectivity index (χ0v) is 19.0. The number of carbonyl (C=O) groups is 3. The van der Waals surface area contributed by atoms with E-state index in [0.29, 0.717) is 17.0 Å². The molecule has 0 saturated heterocycles. The Morgan fingerprint density at radius 2 is 1.62 bits per heavy atom. The molecule has 3 aromatic carbocycles. The van der Waals surface area contributed by atoms with Gasteiger partial charge in [0.2, 0.25) is 0 Å². The Labute approximate surface area is 198 Å². The van der Waals surface area contributed by atoms with Crippen LogP contribution in [0.25, 0.3) is 0 Å². The highest BCUT2D eigenvalue weighted by molar-refractivity contribution is 6.39. The summed E-state index contributed by atoms with van der Waals surface area (Å²) in [6.45, 7) is 3.69. The first-order chi connectivity index (χ1) is 16.5. The van der Waals surface area contributed by atoms with E-state index in [0.717, 1.165) is 23.2 Å². The van der Waals surface area contributed by atoms with E-state index in [1.165, 1.54) is 6.21 Å². The third-order valence-corrected chi connectivity index (χ3v) is 4.88. The van der Waals surface area contributed by atoms with Crippen LogP contribution in [0.4, 0.5) is 11.4 Å². The van der Waals surface area contributed by atoms with E-state index in [4.69, 9.17) is 4.74 Å². The van der Waals surface area contributed by atoms with Crippen LogP contribution < -0.4 is 20.8 Å². The summed E-state index contributed by atoms with van der Waals surface area (Å²) < 4.78 is 5.57. The first-order valence-corrected chi connectivity index (χ1v) is 10.8. The monoisotopic (exact) mass is 458 g/mol. The lowest BCUT2D eigenvalue weighted by atomic mass is 10.1. The molecule has 0 aromatic heterocycles. The Kier molecular flexibility index (Phi) is 8.51. The molecule has 34 heavy (non-hydrogen) atoms. The Balaban J connectivity index is 1.50. The predicted octanol–water partition coefficient (Wildman–Crippen LogP) is 3.66. The molecule has 0 heterocycles. The highest BCUT2D eigenvalue weighted by atomic mass is 16.5. The SMILES string of the molecule is CCc1ccccc1NC(=O)COc1cccc(/C=N\NC(=O)C(=O)Nc2ccccc2C)c1. The minimum absolute atomic E-state index is 0.158. The van der Waals surface area contributed by atoms with E-state index in [2.05, 4.69) is 21.2 Å². The molecule has 0 atom stereocenters. The molecule has 0 fully saturated rings. The second-order valence-electron chi connectivity index (χ2n) is 7.39. The van der Waals surface area contributed by atoms with Crippen LogP contribution in [-0.2, 0) is 20.8 Å². The number of hydrogen-bond acceptors (Lipinski definition) is 5. The molecule has 0 aliphatic heterocycles. The summed E-state index contributed by atoms with van der Waals surface area (Å²) in [6.07, 6.45) is 2.19. The van der Waals surface area contributed by atoms with Gasteiger partial charge in [0.15, 0.2) is 6.61 Å². The Morgan fingerprint density at radius 1 is 0.882 bits per heavy atom. The van der Waals surface area contributed by atoms with Gasteiger partial charge in [-0.05, 0) is 54.3 Å². The van der Waals surface area contributed by atoms with Crippen molar-refractivity contribution in [2.45, 2.75) is 20.3 Å². The van der Waals surface area contributed by atoms with Gasteiger partial charge in [-0.1, -0.05) is 55.5 Å². The number of amides is 3. The molecule has 3 rings (SSSR count). The summed E-state index contributed by atoms with van der Waals surface area (Å²) >= 11 is 0. The lowest BCUT2D eigenvalue weighted by Crippen LogP contribution is -2.32. The van der Waals surface area contributed by atoms with Gasteiger partial charge in [-0.2, -0.15) is 5.10 Å². The van der Waals surface area contributed by atoms with E-state index >= 15 is 0 Å². The Morgan fingerprint density at radius 3 is 2.38 bits per heavy atom. The van der Waals surface area contributed by atoms with Crippen LogP contribution in [-0.4, -0.2) is 30.5 Å². The molecular weight excluding hydrogens is 432 g/mol. The number of benzene rings is 3. The minimum Gasteiger partial charge on any atom is -0.484 e. The molecular formula is C26H26N4O4. The van der Waals surface area contributed by atoms with Gasteiger partial charge in [-0.15, -0.1) is 0 Å². The van der Waals surface area contributed by atoms with Gasteiger partial charge < -0.3 is 15.4 Å². The summed E-state index contributed by atoms with van der Waals surface area (Å²) in [5.74, 6) is -1.52. The second-order valence-corrected chi connectivity index (χ2v) is 7.39. The molecule has 0 spiro atoms. The average Bonchev–Trinajstić information content (AvgIpc) is 2.84. The fourth-order valence-electron chi connectivity index (χ4n) is 3.08. The molecule has 0 aliphatic carbocycles. The van der Waals surface area contributed by atoms with Crippen LogP contribution in [0.5, 0.6) is 5.75 Å². The lowest BCUT2D eigenvalue weighted by Gasteiger charge is -2.10. The van der Waals surface area contributed by atoms with Crippen molar-refractivity contribution in [2.75, 3.05) is 17.2 Å². The molecule has 0 radical (unpaired) electrons. The number of nitrogens with one attached hydrogen (secondary N) is 3. The fraction of sp³-hybridized carbons (Fsp3) is 0.154. The van der Waals surface area contributed by atoms with Crippen molar-refractivity contribution < 1.29 is 19.1 Å². The zero-order chi connectivity index (χ0) is 24.3. The van der Waals surface area contributed by atoms with Crippen molar-refractivity contribution >= 4 is 35.3 Å². The molecule has 3 N–H and O–H groups in total. The van der Waals surface area contributed by atoms with Crippen molar-refractivity contribution in [3.8, 4) is 5.75 Å². The molecule has 8 heteroatoms. The van der Waals surface area contributed by atoms with Crippen LogP contribution in [0.15, 0.2) is 77.9 Å². The molecule has 3 amide bonds. The van der Waals surface area contributed by atoms with Crippen molar-refractivity contribution in [3.63, 3.8) is 0 Å². The van der Waals surface area contributed by atoms with E-state index in [1.807, 2.05) is 50.2 Å². The molecule has 174 valence electrons. The number of nitrogens with zero attached hydrogens (tertiary/aromatic N) is 1. The summed E-state index contributed by atoms with van der Waals surface area (Å²) in [7, 11) is 0. The fourth-order valence-corrected chi connectivity index (χ4v) is 3.08. The summed E-state index contributed by atoms with van der Waals surface area (Å²) in [6, 6.07) is 21.6. The van der Waals surface area contributed by atoms with Crippen molar-refractivity contribution in [1.29, 1.82) is 0 Å². The number of aryl methyl sites for hydroxylation is 2. The van der Waals surface area contributed by atoms with Crippen LogP contribution in [0.2, 0.25) is 0 Å². The normalized spacial score (nSPS) is 10.5. The third-order valence-electron chi connectivity index (χ3n) is 4.88. The van der Waals surface area contributed by atoms with Crippen LogP contribution in [0, 0.1) is 6.92 Å². The molecule has 8 nitrogen and oxygen atoms in total. The van der Waals surface area contributed by atoms with Crippen LogP contribution in [0.3, 0.4) is 0 Å². The second kappa shape index (κ2) is 12.0. The number of hydrogen-bond donors (Lipinski definition) is 3. The standard InChI is InChI=1S/C26H26N4O4/c1-3-20-11-5-7-14-23(20)28-24(31)17-34-21-12-8-10-19(15-21)16-27-30-26(33)25(32)29-22-13-6-4-9-18(22)2/h4-16H,3,17H2,1-2H3,(H,28,31)(H,29,32)(H,30,33)/b27-16-.